The molecule has 1 amide bonds. The maximum atomic E-state index is 12.3. The lowest BCUT2D eigenvalue weighted by atomic mass is 10.0. The monoisotopic (exact) mass is 318 g/mol. The predicted octanol–water partition coefficient (Wildman–Crippen LogP) is 2.63. The van der Waals surface area contributed by atoms with Gasteiger partial charge in [0.2, 0.25) is 0 Å². The van der Waals surface area contributed by atoms with E-state index in [1.807, 2.05) is 19.1 Å². The van der Waals surface area contributed by atoms with Crippen molar-refractivity contribution in [3.05, 3.63) is 28.2 Å². The quantitative estimate of drug-likeness (QED) is 0.453. The van der Waals surface area contributed by atoms with Gasteiger partial charge in [0, 0.05) is 12.6 Å². The summed E-state index contributed by atoms with van der Waals surface area (Å²) in [5.74, 6) is 5.57. The first kappa shape index (κ1) is 15.1. The molecule has 118 valence electrons. The first-order valence-corrected chi connectivity index (χ1v) is 8.67. The zero-order valence-corrected chi connectivity index (χ0v) is 13.6. The van der Waals surface area contributed by atoms with Crippen LogP contribution in [0.3, 0.4) is 0 Å². The number of rotatable bonds is 4. The van der Waals surface area contributed by atoms with Crippen LogP contribution in [0.4, 0.5) is 5.00 Å². The van der Waals surface area contributed by atoms with Crippen LogP contribution in [-0.4, -0.2) is 24.2 Å². The SMILES string of the molecule is C/C=C\C(=N/N)c1sc(NC2CCCC2)c2c1CCNC2=O. The van der Waals surface area contributed by atoms with Gasteiger partial charge in [-0.25, -0.2) is 0 Å². The van der Waals surface area contributed by atoms with Crippen molar-refractivity contribution < 1.29 is 4.79 Å². The molecule has 0 spiro atoms. The third-order valence-electron chi connectivity index (χ3n) is 4.28. The molecule has 2 heterocycles. The maximum Gasteiger partial charge on any atom is 0.254 e. The molecule has 4 N–H and O–H groups in total. The van der Waals surface area contributed by atoms with Crippen molar-refractivity contribution in [2.75, 3.05) is 11.9 Å². The zero-order chi connectivity index (χ0) is 15.5. The molecule has 1 saturated carbocycles. The summed E-state index contributed by atoms with van der Waals surface area (Å²) in [7, 11) is 0. The standard InChI is InChI=1S/C16H22N4OS/c1-2-5-12(20-17)14-11-8-9-18-15(21)13(11)16(22-14)19-10-6-3-4-7-10/h2,5,10,19H,3-4,6-9,17H2,1H3,(H,18,21)/b5-2-,20-12+. The lowest BCUT2D eigenvalue weighted by Gasteiger charge is -2.17. The number of nitrogens with one attached hydrogen (secondary N) is 2. The summed E-state index contributed by atoms with van der Waals surface area (Å²) < 4.78 is 0. The van der Waals surface area contributed by atoms with E-state index in [9.17, 15) is 4.79 Å². The fraction of sp³-hybridized carbons (Fsp3) is 0.500. The van der Waals surface area contributed by atoms with Crippen molar-refractivity contribution in [2.24, 2.45) is 10.9 Å². The van der Waals surface area contributed by atoms with E-state index in [0.717, 1.165) is 33.1 Å². The van der Waals surface area contributed by atoms with E-state index in [2.05, 4.69) is 15.7 Å². The number of carbonyl (C=O) groups is 1. The number of nitrogens with two attached hydrogens (primary N) is 1. The largest absolute Gasteiger partial charge is 0.374 e. The fourth-order valence-electron chi connectivity index (χ4n) is 3.23. The Bertz CT molecular complexity index is 626. The molecule has 6 heteroatoms. The molecule has 5 nitrogen and oxygen atoms in total. The minimum atomic E-state index is 0.0149. The number of fused-ring (bicyclic) bond motifs is 1. The van der Waals surface area contributed by atoms with Gasteiger partial charge in [-0.2, -0.15) is 5.10 Å². The molecule has 2 aliphatic rings. The van der Waals surface area contributed by atoms with Crippen molar-refractivity contribution in [1.82, 2.24) is 5.32 Å². The highest BCUT2D eigenvalue weighted by molar-refractivity contribution is 7.18. The summed E-state index contributed by atoms with van der Waals surface area (Å²) in [5.41, 5.74) is 2.62. The molecule has 1 aliphatic carbocycles. The Labute approximate surface area is 134 Å². The number of hydrazone groups is 1. The smallest absolute Gasteiger partial charge is 0.254 e. The molecule has 1 aliphatic heterocycles. The van der Waals surface area contributed by atoms with Crippen LogP contribution in [0.15, 0.2) is 17.3 Å². The van der Waals surface area contributed by atoms with E-state index in [1.54, 1.807) is 11.3 Å². The van der Waals surface area contributed by atoms with Crippen molar-refractivity contribution in [3.63, 3.8) is 0 Å². The number of nitrogens with zero attached hydrogens (tertiary/aromatic N) is 1. The second-order valence-corrected chi connectivity index (χ2v) is 6.78. The van der Waals surface area contributed by atoms with Gasteiger partial charge in [0.25, 0.3) is 5.91 Å². The van der Waals surface area contributed by atoms with Crippen molar-refractivity contribution in [3.8, 4) is 0 Å². The Balaban J connectivity index is 2.02. The van der Waals surface area contributed by atoms with Gasteiger partial charge in [-0.15, -0.1) is 11.3 Å². The highest BCUT2D eigenvalue weighted by atomic mass is 32.1. The van der Waals surface area contributed by atoms with Crippen LogP contribution in [0.2, 0.25) is 0 Å². The molecule has 0 atom stereocenters. The van der Waals surface area contributed by atoms with Crippen LogP contribution in [0, 0.1) is 0 Å². The third kappa shape index (κ3) is 2.75. The van der Waals surface area contributed by atoms with Gasteiger partial charge in [-0.1, -0.05) is 18.9 Å². The summed E-state index contributed by atoms with van der Waals surface area (Å²) in [6.07, 6.45) is 9.53. The minimum absolute atomic E-state index is 0.0149. The number of hydrogen-bond donors (Lipinski definition) is 3. The summed E-state index contributed by atoms with van der Waals surface area (Å²) in [5, 5.41) is 11.4. The molecule has 0 unspecified atom stereocenters. The molecular weight excluding hydrogens is 296 g/mol. The van der Waals surface area contributed by atoms with Gasteiger partial charge in [-0.05, 0) is 37.8 Å². The Morgan fingerprint density at radius 3 is 2.91 bits per heavy atom. The topological polar surface area (TPSA) is 79.5 Å². The molecule has 3 rings (SSSR count). The Morgan fingerprint density at radius 1 is 1.45 bits per heavy atom. The highest BCUT2D eigenvalue weighted by Gasteiger charge is 2.29. The average molecular weight is 318 g/mol. The summed E-state index contributed by atoms with van der Waals surface area (Å²) >= 11 is 1.60. The van der Waals surface area contributed by atoms with Crippen molar-refractivity contribution >= 4 is 28.0 Å². The summed E-state index contributed by atoms with van der Waals surface area (Å²) in [6.45, 7) is 2.61. The van der Waals surface area contributed by atoms with Gasteiger partial charge in [-0.3, -0.25) is 4.79 Å². The fourth-order valence-corrected chi connectivity index (χ4v) is 4.53. The molecular formula is C16H22N4OS. The van der Waals surface area contributed by atoms with Gasteiger partial charge in [0.1, 0.15) is 5.00 Å². The van der Waals surface area contributed by atoms with Crippen LogP contribution in [-0.2, 0) is 6.42 Å². The highest BCUT2D eigenvalue weighted by Crippen LogP contribution is 2.37. The van der Waals surface area contributed by atoms with Crippen LogP contribution in [0.25, 0.3) is 0 Å². The minimum Gasteiger partial charge on any atom is -0.374 e. The van der Waals surface area contributed by atoms with Crippen LogP contribution in [0.1, 0.15) is 53.4 Å². The lowest BCUT2D eigenvalue weighted by Crippen LogP contribution is -2.32. The van der Waals surface area contributed by atoms with Gasteiger partial charge in [0.05, 0.1) is 16.2 Å². The van der Waals surface area contributed by atoms with E-state index in [1.165, 1.54) is 25.7 Å². The van der Waals surface area contributed by atoms with Crippen molar-refractivity contribution in [1.29, 1.82) is 0 Å². The molecule has 0 aromatic carbocycles. The number of allylic oxidation sites excluding steroid dienone is 2. The first-order chi connectivity index (χ1) is 10.7. The van der Waals surface area contributed by atoms with E-state index in [-0.39, 0.29) is 5.91 Å². The Hall–Kier alpha value is -1.82. The average Bonchev–Trinajstić information content (AvgIpc) is 3.14. The molecule has 1 aromatic rings. The molecule has 1 aromatic heterocycles. The van der Waals surface area contributed by atoms with Crippen LogP contribution >= 0.6 is 11.3 Å². The number of carbonyl (C=O) groups excluding carboxylic acids is 1. The Morgan fingerprint density at radius 2 is 2.23 bits per heavy atom. The van der Waals surface area contributed by atoms with Crippen LogP contribution in [0.5, 0.6) is 0 Å². The van der Waals surface area contributed by atoms with Crippen LogP contribution < -0.4 is 16.5 Å². The number of anilines is 1. The predicted molar refractivity (Wildman–Crippen MR) is 91.8 cm³/mol. The van der Waals surface area contributed by atoms with Crippen molar-refractivity contribution in [2.45, 2.75) is 45.1 Å². The first-order valence-electron chi connectivity index (χ1n) is 7.86. The van der Waals surface area contributed by atoms with Gasteiger partial charge < -0.3 is 16.5 Å². The summed E-state index contributed by atoms with van der Waals surface area (Å²) in [4.78, 5) is 13.3. The maximum absolute atomic E-state index is 12.3. The molecule has 0 saturated heterocycles. The van der Waals surface area contributed by atoms with E-state index < -0.39 is 0 Å². The lowest BCUT2D eigenvalue weighted by molar-refractivity contribution is 0.0947. The number of hydrogen-bond acceptors (Lipinski definition) is 5. The number of amides is 1. The second-order valence-electron chi connectivity index (χ2n) is 5.76. The molecule has 0 bridgehead atoms. The second kappa shape index (κ2) is 6.52. The van der Waals surface area contributed by atoms with Gasteiger partial charge in [0.15, 0.2) is 0 Å². The van der Waals surface area contributed by atoms with E-state index >= 15 is 0 Å². The third-order valence-corrected chi connectivity index (χ3v) is 5.47. The normalized spacial score (nSPS) is 19.5. The number of thiophene rings is 1. The molecule has 22 heavy (non-hydrogen) atoms. The summed E-state index contributed by atoms with van der Waals surface area (Å²) in [6, 6.07) is 0.477. The van der Waals surface area contributed by atoms with E-state index in [0.29, 0.717) is 12.6 Å². The molecule has 0 radical (unpaired) electrons. The van der Waals surface area contributed by atoms with Gasteiger partial charge >= 0.3 is 0 Å². The molecule has 1 fully saturated rings. The Kier molecular flexibility index (Phi) is 4.47. The van der Waals surface area contributed by atoms with E-state index in [4.69, 9.17) is 5.84 Å². The zero-order valence-electron chi connectivity index (χ0n) is 12.8.